The molecule has 3 aromatic carbocycles. The number of halogens is 1. The van der Waals surface area contributed by atoms with Gasteiger partial charge >= 0.3 is 0 Å². The number of amides is 2. The molecule has 0 aliphatic carbocycles. The fourth-order valence-electron chi connectivity index (χ4n) is 4.21. The second kappa shape index (κ2) is 13.9. The normalized spacial score (nSPS) is 12.0. The highest BCUT2D eigenvalue weighted by Crippen LogP contribution is 2.28. The molecule has 0 fully saturated rings. The van der Waals surface area contributed by atoms with Crippen LogP contribution in [0.15, 0.2) is 83.8 Å². The molecule has 0 heterocycles. The minimum absolute atomic E-state index is 0.0368. The average Bonchev–Trinajstić information content (AvgIpc) is 2.95. The molecule has 0 unspecified atom stereocenters. The fraction of sp³-hybridized carbons (Fsp3) is 0.333. The van der Waals surface area contributed by atoms with Crippen molar-refractivity contribution in [3.8, 4) is 0 Å². The summed E-state index contributed by atoms with van der Waals surface area (Å²) in [5.74, 6) is -1.53. The number of benzene rings is 3. The fourth-order valence-corrected chi connectivity index (χ4v) is 5.69. The van der Waals surface area contributed by atoms with Crippen molar-refractivity contribution in [1.82, 2.24) is 10.2 Å². The minimum atomic E-state index is -4.15. The van der Waals surface area contributed by atoms with Gasteiger partial charge in [-0.05, 0) is 49.6 Å². The van der Waals surface area contributed by atoms with Gasteiger partial charge in [0.25, 0.3) is 10.0 Å². The average molecular weight is 554 g/mol. The molecule has 39 heavy (non-hydrogen) atoms. The molecule has 2 amide bonds. The van der Waals surface area contributed by atoms with Gasteiger partial charge < -0.3 is 10.2 Å². The summed E-state index contributed by atoms with van der Waals surface area (Å²) >= 11 is 0. The first kappa shape index (κ1) is 29.8. The van der Waals surface area contributed by atoms with Gasteiger partial charge in [-0.1, -0.05) is 74.9 Å². The predicted octanol–water partition coefficient (Wildman–Crippen LogP) is 4.92. The lowest BCUT2D eigenvalue weighted by atomic mass is 10.1. The number of para-hydroxylation sites is 1. The van der Waals surface area contributed by atoms with Crippen LogP contribution in [0.3, 0.4) is 0 Å². The van der Waals surface area contributed by atoms with Crippen molar-refractivity contribution in [2.75, 3.05) is 17.4 Å². The van der Waals surface area contributed by atoms with Gasteiger partial charge in [-0.3, -0.25) is 13.9 Å². The third kappa shape index (κ3) is 7.44. The molecule has 3 aromatic rings. The lowest BCUT2D eigenvalue weighted by Crippen LogP contribution is -2.51. The maximum Gasteiger partial charge on any atom is 0.264 e. The number of sulfonamides is 1. The number of nitrogens with zero attached hydrogens (tertiary/aromatic N) is 2. The van der Waals surface area contributed by atoms with Crippen LogP contribution in [0.1, 0.15) is 44.7 Å². The van der Waals surface area contributed by atoms with Crippen LogP contribution >= 0.6 is 0 Å². The van der Waals surface area contributed by atoms with E-state index in [1.54, 1.807) is 55.5 Å². The zero-order chi connectivity index (χ0) is 28.4. The first-order valence-corrected chi connectivity index (χ1v) is 14.6. The first-order chi connectivity index (χ1) is 18.7. The van der Waals surface area contributed by atoms with Crippen LogP contribution in [0, 0.1) is 5.82 Å². The van der Waals surface area contributed by atoms with E-state index in [0.717, 1.165) is 22.7 Å². The van der Waals surface area contributed by atoms with Crippen LogP contribution in [-0.2, 0) is 32.6 Å². The van der Waals surface area contributed by atoms with Crippen molar-refractivity contribution < 1.29 is 22.4 Å². The number of aryl methyl sites for hydroxylation is 1. The zero-order valence-corrected chi connectivity index (χ0v) is 23.5. The first-order valence-electron chi connectivity index (χ1n) is 13.2. The highest BCUT2D eigenvalue weighted by Gasteiger charge is 2.33. The molecule has 0 saturated heterocycles. The van der Waals surface area contributed by atoms with Gasteiger partial charge in [-0.2, -0.15) is 0 Å². The number of hydrogen-bond donors (Lipinski definition) is 1. The summed E-state index contributed by atoms with van der Waals surface area (Å²) in [5, 5.41) is 2.82. The van der Waals surface area contributed by atoms with E-state index in [1.165, 1.54) is 23.1 Å². The zero-order valence-electron chi connectivity index (χ0n) is 22.6. The van der Waals surface area contributed by atoms with E-state index in [-0.39, 0.29) is 22.9 Å². The van der Waals surface area contributed by atoms with Crippen LogP contribution in [-0.4, -0.2) is 44.3 Å². The monoisotopic (exact) mass is 553 g/mol. The van der Waals surface area contributed by atoms with Gasteiger partial charge in [0.05, 0.1) is 10.6 Å². The molecular weight excluding hydrogens is 517 g/mol. The Bertz CT molecular complexity index is 1370. The number of unbranched alkanes of at least 4 members (excludes halogenated alkanes) is 1. The van der Waals surface area contributed by atoms with E-state index in [2.05, 4.69) is 5.32 Å². The maximum atomic E-state index is 14.6. The van der Waals surface area contributed by atoms with E-state index in [0.29, 0.717) is 18.7 Å². The number of nitrogens with one attached hydrogen (secondary N) is 1. The lowest BCUT2D eigenvalue weighted by molar-refractivity contribution is -0.139. The Morgan fingerprint density at radius 3 is 2.15 bits per heavy atom. The van der Waals surface area contributed by atoms with Gasteiger partial charge in [-0.25, -0.2) is 12.8 Å². The number of carbonyl (C=O) groups is 2. The molecule has 0 bridgehead atoms. The van der Waals surface area contributed by atoms with Gasteiger partial charge in [0.2, 0.25) is 11.8 Å². The van der Waals surface area contributed by atoms with Crippen molar-refractivity contribution in [1.29, 1.82) is 0 Å². The molecule has 208 valence electrons. The summed E-state index contributed by atoms with van der Waals surface area (Å²) in [6.45, 7) is 5.16. The SMILES string of the molecule is CCCCNC(=O)[C@H](C)N(Cc1ccccc1F)C(=O)CN(c1ccccc1CC)S(=O)(=O)c1ccccc1. The summed E-state index contributed by atoms with van der Waals surface area (Å²) in [7, 11) is -4.15. The van der Waals surface area contributed by atoms with E-state index >= 15 is 0 Å². The Morgan fingerprint density at radius 2 is 1.51 bits per heavy atom. The number of anilines is 1. The second-order valence-corrected chi connectivity index (χ2v) is 11.1. The van der Waals surface area contributed by atoms with Crippen LogP contribution in [0.2, 0.25) is 0 Å². The molecule has 0 aliphatic heterocycles. The van der Waals surface area contributed by atoms with Gasteiger partial charge in [0, 0.05) is 18.7 Å². The molecule has 3 rings (SSSR count). The molecular formula is C30H36FN3O4S. The molecule has 9 heteroatoms. The van der Waals surface area contributed by atoms with Gasteiger partial charge in [0.15, 0.2) is 0 Å². The maximum absolute atomic E-state index is 14.6. The number of carbonyl (C=O) groups excluding carboxylic acids is 2. The van der Waals surface area contributed by atoms with Gasteiger partial charge in [0.1, 0.15) is 18.4 Å². The number of rotatable bonds is 13. The molecule has 1 atom stereocenters. The third-order valence-corrected chi connectivity index (χ3v) is 8.32. The van der Waals surface area contributed by atoms with E-state index in [1.807, 2.05) is 26.0 Å². The second-order valence-electron chi connectivity index (χ2n) is 9.24. The molecule has 7 nitrogen and oxygen atoms in total. The smallest absolute Gasteiger partial charge is 0.264 e. The minimum Gasteiger partial charge on any atom is -0.354 e. The largest absolute Gasteiger partial charge is 0.354 e. The molecule has 0 spiro atoms. The Labute approximate surface area is 230 Å². The summed E-state index contributed by atoms with van der Waals surface area (Å²) in [5.41, 5.74) is 1.35. The standard InChI is InChI=1S/C30H36FN3O4S/c1-4-6-20-32-30(36)23(3)33(21-25-15-10-12-18-27(25)31)29(35)22-34(28-19-13-11-14-24(28)5-2)39(37,38)26-16-8-7-9-17-26/h7-19,23H,4-6,20-22H2,1-3H3,(H,32,36)/t23-/m0/s1. The Hall–Kier alpha value is -3.72. The molecule has 0 aromatic heterocycles. The third-order valence-electron chi connectivity index (χ3n) is 6.55. The van der Waals surface area contributed by atoms with E-state index in [9.17, 15) is 22.4 Å². The van der Waals surface area contributed by atoms with E-state index in [4.69, 9.17) is 0 Å². The predicted molar refractivity (Wildman–Crippen MR) is 151 cm³/mol. The molecule has 0 aliphatic rings. The topological polar surface area (TPSA) is 86.8 Å². The van der Waals surface area contributed by atoms with Crippen molar-refractivity contribution in [3.63, 3.8) is 0 Å². The van der Waals surface area contributed by atoms with Crippen molar-refractivity contribution in [3.05, 3.63) is 95.8 Å². The van der Waals surface area contributed by atoms with E-state index < -0.39 is 34.3 Å². The summed E-state index contributed by atoms with van der Waals surface area (Å²) < 4.78 is 43.4. The molecule has 1 N–H and O–H groups in total. The molecule has 0 saturated carbocycles. The highest BCUT2D eigenvalue weighted by atomic mass is 32.2. The Kier molecular flexibility index (Phi) is 10.6. The van der Waals surface area contributed by atoms with Gasteiger partial charge in [-0.15, -0.1) is 0 Å². The summed E-state index contributed by atoms with van der Waals surface area (Å²) in [6, 6.07) is 20.0. The van der Waals surface area contributed by atoms with Crippen molar-refractivity contribution in [2.45, 2.75) is 57.5 Å². The molecule has 0 radical (unpaired) electrons. The Morgan fingerprint density at radius 1 is 0.897 bits per heavy atom. The summed E-state index contributed by atoms with van der Waals surface area (Å²) in [6.07, 6.45) is 2.20. The quantitative estimate of drug-likeness (QED) is 0.305. The lowest BCUT2D eigenvalue weighted by Gasteiger charge is -2.32. The van der Waals surface area contributed by atoms with Crippen LogP contribution in [0.4, 0.5) is 10.1 Å². The Balaban J connectivity index is 2.03. The van der Waals surface area contributed by atoms with Crippen molar-refractivity contribution >= 4 is 27.5 Å². The van der Waals surface area contributed by atoms with Crippen LogP contribution < -0.4 is 9.62 Å². The highest BCUT2D eigenvalue weighted by molar-refractivity contribution is 7.92. The van der Waals surface area contributed by atoms with Crippen LogP contribution in [0.5, 0.6) is 0 Å². The summed E-state index contributed by atoms with van der Waals surface area (Å²) in [4.78, 5) is 28.2. The van der Waals surface area contributed by atoms with Crippen LogP contribution in [0.25, 0.3) is 0 Å². The number of hydrogen-bond acceptors (Lipinski definition) is 4. The van der Waals surface area contributed by atoms with Crippen molar-refractivity contribution in [2.24, 2.45) is 0 Å².